The van der Waals surface area contributed by atoms with E-state index < -0.39 is 8.32 Å². The molecule has 0 amide bonds. The van der Waals surface area contributed by atoms with Crippen molar-refractivity contribution in [2.45, 2.75) is 50.9 Å². The van der Waals surface area contributed by atoms with Gasteiger partial charge in [0.2, 0.25) is 0 Å². The molecule has 0 aromatic heterocycles. The van der Waals surface area contributed by atoms with Crippen LogP contribution in [-0.4, -0.2) is 32.8 Å². The van der Waals surface area contributed by atoms with Crippen LogP contribution >= 0.6 is 0 Å². The van der Waals surface area contributed by atoms with Crippen LogP contribution in [0.25, 0.3) is 0 Å². The average molecular weight is 409 g/mol. The zero-order valence-electron chi connectivity index (χ0n) is 17.2. The van der Waals surface area contributed by atoms with Crippen LogP contribution in [0.15, 0.2) is 60.7 Å². The van der Waals surface area contributed by atoms with E-state index in [0.717, 1.165) is 6.29 Å². The minimum absolute atomic E-state index is 0.0665. The van der Waals surface area contributed by atoms with Gasteiger partial charge in [0, 0.05) is 18.3 Å². The van der Waals surface area contributed by atoms with Crippen molar-refractivity contribution >= 4 is 30.9 Å². The first-order chi connectivity index (χ1) is 13.9. The van der Waals surface area contributed by atoms with Crippen LogP contribution in [0.1, 0.15) is 33.6 Å². The molecule has 2 fully saturated rings. The Morgan fingerprint density at radius 2 is 1.55 bits per heavy atom. The maximum absolute atomic E-state index is 12.0. The first-order valence-corrected chi connectivity index (χ1v) is 12.2. The fourth-order valence-corrected chi connectivity index (χ4v) is 9.85. The number of carbonyl (C=O) groups is 2. The number of esters is 1. The number of benzene rings is 2. The number of hydrogen-bond acceptors (Lipinski definition) is 4. The number of rotatable bonds is 5. The topological polar surface area (TPSA) is 52.6 Å². The predicted molar refractivity (Wildman–Crippen MR) is 115 cm³/mol. The summed E-state index contributed by atoms with van der Waals surface area (Å²) in [5.74, 6) is -0.577. The summed E-state index contributed by atoms with van der Waals surface area (Å²) >= 11 is 0. The van der Waals surface area contributed by atoms with E-state index >= 15 is 0 Å². The molecular formula is C24H28O4Si. The van der Waals surface area contributed by atoms with Crippen LogP contribution in [0.4, 0.5) is 0 Å². The lowest BCUT2D eigenvalue weighted by atomic mass is 9.94. The molecule has 0 N–H and O–H groups in total. The fraction of sp³-hybridized carbons (Fsp3) is 0.417. The number of fused-ring (bicyclic) bond motifs is 1. The molecule has 0 spiro atoms. The summed E-state index contributed by atoms with van der Waals surface area (Å²) in [6.45, 7) is 6.68. The van der Waals surface area contributed by atoms with Crippen LogP contribution < -0.4 is 10.4 Å². The van der Waals surface area contributed by atoms with Crippen molar-refractivity contribution in [2.24, 2.45) is 11.8 Å². The van der Waals surface area contributed by atoms with Gasteiger partial charge in [0.1, 0.15) is 12.4 Å². The molecule has 4 atom stereocenters. The highest BCUT2D eigenvalue weighted by atomic mass is 28.4. The summed E-state index contributed by atoms with van der Waals surface area (Å²) in [7, 11) is -2.74. The van der Waals surface area contributed by atoms with Crippen molar-refractivity contribution in [3.05, 3.63) is 60.7 Å². The van der Waals surface area contributed by atoms with Gasteiger partial charge in [-0.1, -0.05) is 81.4 Å². The third kappa shape index (κ3) is 3.36. The standard InChI is InChI=1S/C24H28O4Si/c1-24(2,3)29(17-10-6-4-7-11-17,18-12-8-5-9-13-18)28-22-15-21-19(20(22)16-25)14-23(26)27-21/h4-13,16,19-22H,14-15H2,1-3H3/t19-,20-,21+,22-/m1/s1. The smallest absolute Gasteiger partial charge is 0.306 e. The molecule has 0 radical (unpaired) electrons. The Balaban J connectivity index is 1.81. The van der Waals surface area contributed by atoms with Gasteiger partial charge in [-0.05, 0) is 15.4 Å². The highest BCUT2D eigenvalue weighted by molar-refractivity contribution is 6.99. The van der Waals surface area contributed by atoms with Crippen molar-refractivity contribution < 1.29 is 18.8 Å². The lowest BCUT2D eigenvalue weighted by Gasteiger charge is -2.45. The summed E-state index contributed by atoms with van der Waals surface area (Å²) < 4.78 is 12.6. The van der Waals surface area contributed by atoms with Crippen molar-refractivity contribution in [2.75, 3.05) is 0 Å². The Bertz CT molecular complexity index is 835. The minimum atomic E-state index is -2.74. The van der Waals surface area contributed by atoms with Gasteiger partial charge in [0.05, 0.1) is 12.5 Å². The van der Waals surface area contributed by atoms with Crippen LogP contribution in [0.2, 0.25) is 5.04 Å². The molecule has 4 nitrogen and oxygen atoms in total. The lowest BCUT2D eigenvalue weighted by molar-refractivity contribution is -0.141. The monoisotopic (exact) mass is 408 g/mol. The van der Waals surface area contributed by atoms with E-state index in [9.17, 15) is 9.59 Å². The number of ether oxygens (including phenoxy) is 1. The highest BCUT2D eigenvalue weighted by Crippen LogP contribution is 2.45. The largest absolute Gasteiger partial charge is 0.462 e. The third-order valence-electron chi connectivity index (χ3n) is 6.45. The molecule has 2 aromatic rings. The Morgan fingerprint density at radius 3 is 2.03 bits per heavy atom. The number of aldehydes is 1. The molecule has 152 valence electrons. The second kappa shape index (κ2) is 7.54. The van der Waals surface area contributed by atoms with Crippen LogP contribution in [-0.2, 0) is 18.8 Å². The first kappa shape index (κ1) is 20.0. The molecule has 1 aliphatic heterocycles. The lowest BCUT2D eigenvalue weighted by Crippen LogP contribution is -2.68. The van der Waals surface area contributed by atoms with E-state index in [1.165, 1.54) is 10.4 Å². The van der Waals surface area contributed by atoms with Crippen molar-refractivity contribution in [3.8, 4) is 0 Å². The molecule has 4 rings (SSSR count). The molecule has 5 heteroatoms. The van der Waals surface area contributed by atoms with E-state index in [4.69, 9.17) is 9.16 Å². The van der Waals surface area contributed by atoms with E-state index in [0.29, 0.717) is 12.8 Å². The van der Waals surface area contributed by atoms with Gasteiger partial charge < -0.3 is 14.0 Å². The third-order valence-corrected chi connectivity index (χ3v) is 11.5. The van der Waals surface area contributed by atoms with Crippen molar-refractivity contribution in [1.29, 1.82) is 0 Å². The van der Waals surface area contributed by atoms with Gasteiger partial charge in [-0.15, -0.1) is 0 Å². The van der Waals surface area contributed by atoms with Gasteiger partial charge in [0.25, 0.3) is 8.32 Å². The normalized spacial score (nSPS) is 26.8. The van der Waals surface area contributed by atoms with Gasteiger partial charge in [-0.2, -0.15) is 0 Å². The first-order valence-electron chi connectivity index (χ1n) is 10.3. The molecule has 1 aliphatic carbocycles. The molecule has 1 saturated heterocycles. The molecular weight excluding hydrogens is 380 g/mol. The second-order valence-electron chi connectivity index (χ2n) is 9.16. The molecule has 2 aliphatic rings. The Kier molecular flexibility index (Phi) is 5.21. The van der Waals surface area contributed by atoms with E-state index in [2.05, 4.69) is 69.3 Å². The molecule has 0 unspecified atom stereocenters. The molecule has 0 bridgehead atoms. The average Bonchev–Trinajstić information content (AvgIpc) is 3.21. The molecule has 1 saturated carbocycles. The Labute approximate surface area is 173 Å². The second-order valence-corrected chi connectivity index (χ2v) is 13.4. The molecule has 2 aromatic carbocycles. The van der Waals surface area contributed by atoms with Crippen LogP contribution in [0.5, 0.6) is 0 Å². The van der Waals surface area contributed by atoms with Gasteiger partial charge in [-0.25, -0.2) is 0 Å². The Hall–Kier alpha value is -2.24. The maximum Gasteiger partial charge on any atom is 0.306 e. The van der Waals surface area contributed by atoms with E-state index in [1.54, 1.807) is 0 Å². The van der Waals surface area contributed by atoms with Crippen molar-refractivity contribution in [3.63, 3.8) is 0 Å². The zero-order chi connectivity index (χ0) is 20.6. The van der Waals surface area contributed by atoms with Gasteiger partial charge in [0.15, 0.2) is 0 Å². The van der Waals surface area contributed by atoms with E-state index in [1.807, 2.05) is 12.1 Å². The number of hydrogen-bond donors (Lipinski definition) is 0. The summed E-state index contributed by atoms with van der Waals surface area (Å²) in [5.41, 5.74) is 0. The SMILES string of the molecule is CC(C)(C)[Si](O[C@@H]1C[C@@H]2OC(=O)C[C@@H]2[C@H]1C=O)(c1ccccc1)c1ccccc1. The minimum Gasteiger partial charge on any atom is -0.462 e. The molecule has 1 heterocycles. The van der Waals surface area contributed by atoms with Gasteiger partial charge >= 0.3 is 5.97 Å². The maximum atomic E-state index is 12.0. The quantitative estimate of drug-likeness (QED) is 0.433. The zero-order valence-corrected chi connectivity index (χ0v) is 18.2. The summed E-state index contributed by atoms with van der Waals surface area (Å²) in [4.78, 5) is 23.8. The summed E-state index contributed by atoms with van der Waals surface area (Å²) in [6, 6.07) is 20.8. The van der Waals surface area contributed by atoms with Crippen LogP contribution in [0.3, 0.4) is 0 Å². The summed E-state index contributed by atoms with van der Waals surface area (Å²) in [6.07, 6.45) is 1.43. The van der Waals surface area contributed by atoms with E-state index in [-0.39, 0.29) is 35.1 Å². The molecule has 29 heavy (non-hydrogen) atoms. The Morgan fingerprint density at radius 1 is 1.00 bits per heavy atom. The highest BCUT2D eigenvalue weighted by Gasteiger charge is 2.57. The van der Waals surface area contributed by atoms with Crippen LogP contribution in [0, 0.1) is 11.8 Å². The van der Waals surface area contributed by atoms with Gasteiger partial charge in [-0.3, -0.25) is 4.79 Å². The number of carbonyl (C=O) groups excluding carboxylic acids is 2. The summed E-state index contributed by atoms with van der Waals surface area (Å²) in [5, 5.41) is 2.23. The van der Waals surface area contributed by atoms with Crippen molar-refractivity contribution in [1.82, 2.24) is 0 Å². The fourth-order valence-electron chi connectivity index (χ4n) is 5.13. The predicted octanol–water partition coefficient (Wildman–Crippen LogP) is 3.08.